The zero-order valence-electron chi connectivity index (χ0n) is 8.99. The Labute approximate surface area is 93.3 Å². The molecule has 0 saturated carbocycles. The van der Waals surface area contributed by atoms with Crippen molar-refractivity contribution in [2.75, 3.05) is 0 Å². The monoisotopic (exact) mass is 219 g/mol. The molecule has 1 aromatic rings. The van der Waals surface area contributed by atoms with Gasteiger partial charge in [0.25, 0.3) is 0 Å². The molecule has 1 aliphatic rings. The third kappa shape index (κ3) is 1.91. The van der Waals surface area contributed by atoms with Gasteiger partial charge in [0, 0.05) is 12.0 Å². The van der Waals surface area contributed by atoms with Gasteiger partial charge in [-0.15, -0.1) is 0 Å². The fourth-order valence-electron chi connectivity index (χ4n) is 1.94. The first-order valence-electron chi connectivity index (χ1n) is 5.21. The van der Waals surface area contributed by atoms with Crippen LogP contribution in [0.3, 0.4) is 0 Å². The van der Waals surface area contributed by atoms with Crippen LogP contribution in [0.1, 0.15) is 29.9 Å². The summed E-state index contributed by atoms with van der Waals surface area (Å²) in [6.45, 7) is 1.90. The van der Waals surface area contributed by atoms with Crippen LogP contribution in [-0.2, 0) is 9.59 Å². The van der Waals surface area contributed by atoms with Gasteiger partial charge in [0.15, 0.2) is 0 Å². The summed E-state index contributed by atoms with van der Waals surface area (Å²) in [7, 11) is 0. The molecule has 1 saturated heterocycles. The van der Waals surface area contributed by atoms with Gasteiger partial charge < -0.3 is 5.11 Å². The van der Waals surface area contributed by atoms with Crippen LogP contribution in [0.25, 0.3) is 0 Å². The zero-order valence-corrected chi connectivity index (χ0v) is 8.99. The van der Waals surface area contributed by atoms with E-state index in [1.807, 2.05) is 6.92 Å². The van der Waals surface area contributed by atoms with Crippen molar-refractivity contribution in [1.82, 2.24) is 5.32 Å². The molecule has 2 amide bonds. The van der Waals surface area contributed by atoms with Crippen LogP contribution in [0.2, 0.25) is 0 Å². The molecular weight excluding hydrogens is 206 g/mol. The Morgan fingerprint density at radius 1 is 1.38 bits per heavy atom. The number of amides is 2. The van der Waals surface area contributed by atoms with E-state index in [2.05, 4.69) is 5.32 Å². The number of piperidine rings is 1. The van der Waals surface area contributed by atoms with E-state index in [0.717, 1.165) is 5.56 Å². The number of nitrogens with one attached hydrogen (secondary N) is 1. The molecule has 4 heteroatoms. The minimum atomic E-state index is -0.419. The average molecular weight is 219 g/mol. The Morgan fingerprint density at radius 3 is 2.81 bits per heavy atom. The molecule has 1 heterocycles. The third-order valence-corrected chi connectivity index (χ3v) is 2.80. The standard InChI is InChI=1S/C12H13NO3/c1-7-2-4-10(14)9(6-7)8-3-5-11(15)13-12(8)16/h2,4,6,8,14H,3,5H2,1H3,(H,13,15,16). The SMILES string of the molecule is Cc1ccc(O)c(C2CCC(=O)NC2=O)c1. The number of phenolic OH excluding ortho intramolecular Hbond substituents is 1. The van der Waals surface area contributed by atoms with Gasteiger partial charge in [-0.1, -0.05) is 17.7 Å². The zero-order chi connectivity index (χ0) is 11.7. The summed E-state index contributed by atoms with van der Waals surface area (Å²) in [5, 5.41) is 12.0. The molecule has 1 fully saturated rings. The maximum Gasteiger partial charge on any atom is 0.234 e. The molecule has 0 aromatic heterocycles. The van der Waals surface area contributed by atoms with E-state index in [9.17, 15) is 14.7 Å². The third-order valence-electron chi connectivity index (χ3n) is 2.80. The number of hydrogen-bond acceptors (Lipinski definition) is 3. The molecule has 0 bridgehead atoms. The van der Waals surface area contributed by atoms with Gasteiger partial charge in [-0.25, -0.2) is 0 Å². The van der Waals surface area contributed by atoms with Crippen molar-refractivity contribution in [3.8, 4) is 5.75 Å². The van der Waals surface area contributed by atoms with Crippen LogP contribution in [0, 0.1) is 6.92 Å². The highest BCUT2D eigenvalue weighted by atomic mass is 16.3. The number of aromatic hydroxyl groups is 1. The smallest absolute Gasteiger partial charge is 0.234 e. The summed E-state index contributed by atoms with van der Waals surface area (Å²) in [6.07, 6.45) is 0.783. The van der Waals surface area contributed by atoms with Crippen LogP contribution in [-0.4, -0.2) is 16.9 Å². The van der Waals surface area contributed by atoms with Gasteiger partial charge >= 0.3 is 0 Å². The first kappa shape index (κ1) is 10.7. The van der Waals surface area contributed by atoms with Gasteiger partial charge in [0.1, 0.15) is 5.75 Å². The molecule has 84 valence electrons. The molecule has 4 nitrogen and oxygen atoms in total. The minimum absolute atomic E-state index is 0.111. The van der Waals surface area contributed by atoms with Crippen molar-refractivity contribution in [2.24, 2.45) is 0 Å². The van der Waals surface area contributed by atoms with Crippen molar-refractivity contribution in [1.29, 1.82) is 0 Å². The second-order valence-corrected chi connectivity index (χ2v) is 4.07. The van der Waals surface area contributed by atoms with Gasteiger partial charge in [0.05, 0.1) is 5.92 Å². The van der Waals surface area contributed by atoms with Crippen molar-refractivity contribution in [2.45, 2.75) is 25.7 Å². The van der Waals surface area contributed by atoms with Gasteiger partial charge in [-0.05, 0) is 19.4 Å². The van der Waals surface area contributed by atoms with E-state index in [-0.39, 0.29) is 17.6 Å². The number of carbonyl (C=O) groups is 2. The van der Waals surface area contributed by atoms with E-state index in [1.165, 1.54) is 0 Å². The van der Waals surface area contributed by atoms with Crippen LogP contribution < -0.4 is 5.32 Å². The molecule has 16 heavy (non-hydrogen) atoms. The number of benzene rings is 1. The lowest BCUT2D eigenvalue weighted by molar-refractivity contribution is -0.134. The van der Waals surface area contributed by atoms with Gasteiger partial charge in [0.2, 0.25) is 11.8 Å². The number of imide groups is 1. The lowest BCUT2D eigenvalue weighted by Crippen LogP contribution is -2.39. The van der Waals surface area contributed by atoms with E-state index >= 15 is 0 Å². The predicted octanol–water partition coefficient (Wildman–Crippen LogP) is 1.22. The molecule has 2 rings (SSSR count). The van der Waals surface area contributed by atoms with Crippen molar-refractivity contribution >= 4 is 11.8 Å². The highest BCUT2D eigenvalue weighted by Crippen LogP contribution is 2.31. The Kier molecular flexibility index (Phi) is 2.64. The number of rotatable bonds is 1. The largest absolute Gasteiger partial charge is 0.508 e. The Balaban J connectivity index is 2.33. The summed E-state index contributed by atoms with van der Waals surface area (Å²) in [6, 6.07) is 5.15. The first-order valence-corrected chi connectivity index (χ1v) is 5.21. The summed E-state index contributed by atoms with van der Waals surface area (Å²) in [4.78, 5) is 22.6. The second kappa shape index (κ2) is 3.96. The normalized spacial score (nSPS) is 20.7. The molecule has 1 atom stereocenters. The number of aryl methyl sites for hydroxylation is 1. The van der Waals surface area contributed by atoms with E-state index < -0.39 is 5.92 Å². The van der Waals surface area contributed by atoms with E-state index in [1.54, 1.807) is 18.2 Å². The molecular formula is C12H13NO3. The summed E-state index contributed by atoms with van der Waals surface area (Å²) >= 11 is 0. The molecule has 1 unspecified atom stereocenters. The molecule has 0 radical (unpaired) electrons. The van der Waals surface area contributed by atoms with Gasteiger partial charge in [-0.3, -0.25) is 14.9 Å². The van der Waals surface area contributed by atoms with Crippen molar-refractivity contribution in [3.63, 3.8) is 0 Å². The average Bonchev–Trinajstić information content (AvgIpc) is 2.22. The minimum Gasteiger partial charge on any atom is -0.508 e. The quantitative estimate of drug-likeness (QED) is 0.698. The predicted molar refractivity (Wildman–Crippen MR) is 58.0 cm³/mol. The van der Waals surface area contributed by atoms with Crippen LogP contribution in [0.5, 0.6) is 5.75 Å². The number of carbonyl (C=O) groups excluding carboxylic acids is 2. The van der Waals surface area contributed by atoms with E-state index in [4.69, 9.17) is 0 Å². The van der Waals surface area contributed by atoms with E-state index in [0.29, 0.717) is 18.4 Å². The second-order valence-electron chi connectivity index (χ2n) is 4.07. The van der Waals surface area contributed by atoms with Crippen LogP contribution in [0.15, 0.2) is 18.2 Å². The maximum absolute atomic E-state index is 11.6. The lowest BCUT2D eigenvalue weighted by Gasteiger charge is -2.22. The molecule has 1 aromatic carbocycles. The number of hydrogen-bond donors (Lipinski definition) is 2. The lowest BCUT2D eigenvalue weighted by atomic mass is 9.89. The molecule has 2 N–H and O–H groups in total. The summed E-state index contributed by atoms with van der Waals surface area (Å²) < 4.78 is 0. The summed E-state index contributed by atoms with van der Waals surface area (Å²) in [5.74, 6) is -0.872. The molecule has 1 aliphatic heterocycles. The van der Waals surface area contributed by atoms with Gasteiger partial charge in [-0.2, -0.15) is 0 Å². The van der Waals surface area contributed by atoms with Crippen molar-refractivity contribution < 1.29 is 14.7 Å². The Morgan fingerprint density at radius 2 is 2.12 bits per heavy atom. The topological polar surface area (TPSA) is 66.4 Å². The summed E-state index contributed by atoms with van der Waals surface area (Å²) in [5.41, 5.74) is 1.59. The Hall–Kier alpha value is -1.84. The fraction of sp³-hybridized carbons (Fsp3) is 0.333. The maximum atomic E-state index is 11.6. The molecule has 0 aliphatic carbocycles. The Bertz CT molecular complexity index is 454. The van der Waals surface area contributed by atoms with Crippen LogP contribution >= 0.6 is 0 Å². The fourth-order valence-corrected chi connectivity index (χ4v) is 1.94. The van der Waals surface area contributed by atoms with Crippen LogP contribution in [0.4, 0.5) is 0 Å². The highest BCUT2D eigenvalue weighted by molar-refractivity contribution is 6.01. The highest BCUT2D eigenvalue weighted by Gasteiger charge is 2.29. The molecule has 0 spiro atoms. The van der Waals surface area contributed by atoms with Crippen molar-refractivity contribution in [3.05, 3.63) is 29.3 Å². The number of phenols is 1. The first-order chi connectivity index (χ1) is 7.58.